The zero-order valence-electron chi connectivity index (χ0n) is 14.2. The minimum atomic E-state index is 0.585. The van der Waals surface area contributed by atoms with Crippen molar-refractivity contribution < 1.29 is 4.74 Å². The Morgan fingerprint density at radius 1 is 1.20 bits per heavy atom. The normalized spacial score (nSPS) is 17.6. The van der Waals surface area contributed by atoms with Gasteiger partial charge in [-0.25, -0.2) is 4.98 Å². The number of pyridine rings is 1. The van der Waals surface area contributed by atoms with Gasteiger partial charge >= 0.3 is 0 Å². The quantitative estimate of drug-likeness (QED) is 0.799. The van der Waals surface area contributed by atoms with Gasteiger partial charge in [-0.05, 0) is 37.0 Å². The average molecular weight is 359 g/mol. The molecule has 0 amide bonds. The first-order valence-corrected chi connectivity index (χ1v) is 9.21. The molecule has 2 fully saturated rings. The van der Waals surface area contributed by atoms with Crippen molar-refractivity contribution >= 4 is 28.8 Å². The van der Waals surface area contributed by atoms with Crippen LogP contribution < -0.4 is 16.0 Å². The summed E-state index contributed by atoms with van der Waals surface area (Å²) in [5.74, 6) is 1.76. The second-order valence-corrected chi connectivity index (χ2v) is 7.10. The van der Waals surface area contributed by atoms with Crippen LogP contribution in [-0.4, -0.2) is 37.8 Å². The fourth-order valence-corrected chi connectivity index (χ4v) is 3.35. The lowest BCUT2D eigenvalue weighted by Crippen LogP contribution is -2.36. The average Bonchev–Trinajstić information content (AvgIpc) is 3.48. The fraction of sp³-hybridized carbons (Fsp3) is 0.421. The maximum Gasteiger partial charge on any atom is 0.128 e. The minimum Gasteiger partial charge on any atom is -0.396 e. The molecule has 6 heteroatoms. The van der Waals surface area contributed by atoms with E-state index in [-0.39, 0.29) is 0 Å². The topological polar surface area (TPSA) is 63.4 Å². The molecule has 0 spiro atoms. The van der Waals surface area contributed by atoms with Gasteiger partial charge in [-0.1, -0.05) is 17.7 Å². The first-order chi connectivity index (χ1) is 12.2. The smallest absolute Gasteiger partial charge is 0.128 e. The third-order valence-electron chi connectivity index (χ3n) is 4.85. The molecule has 1 aliphatic heterocycles. The van der Waals surface area contributed by atoms with E-state index in [1.807, 2.05) is 24.4 Å². The summed E-state index contributed by atoms with van der Waals surface area (Å²) >= 11 is 6.53. The van der Waals surface area contributed by atoms with Crippen molar-refractivity contribution in [3.8, 4) is 11.1 Å². The molecular formula is C19H23ClN4O. The number of anilines is 3. The number of nitrogens with two attached hydrogens (primary N) is 1. The van der Waals surface area contributed by atoms with E-state index in [4.69, 9.17) is 22.1 Å². The van der Waals surface area contributed by atoms with Crippen LogP contribution in [0.5, 0.6) is 0 Å². The molecule has 2 aromatic rings. The molecule has 5 nitrogen and oxygen atoms in total. The molecule has 1 aromatic carbocycles. The van der Waals surface area contributed by atoms with Gasteiger partial charge in [0.25, 0.3) is 0 Å². The van der Waals surface area contributed by atoms with E-state index in [1.54, 1.807) is 0 Å². The number of hydrogen-bond acceptors (Lipinski definition) is 5. The number of nitrogens with one attached hydrogen (secondary N) is 1. The third-order valence-corrected chi connectivity index (χ3v) is 5.26. The number of ether oxygens (including phenoxy) is 1. The molecule has 132 valence electrons. The van der Waals surface area contributed by atoms with Crippen LogP contribution in [0.2, 0.25) is 5.02 Å². The Labute approximate surface area is 153 Å². The molecule has 2 heterocycles. The summed E-state index contributed by atoms with van der Waals surface area (Å²) in [5, 5.41) is 3.99. The highest BCUT2D eigenvalue weighted by Gasteiger charge is 2.21. The van der Waals surface area contributed by atoms with E-state index in [9.17, 15) is 0 Å². The lowest BCUT2D eigenvalue weighted by molar-refractivity contribution is 0.122. The van der Waals surface area contributed by atoms with Gasteiger partial charge in [-0.2, -0.15) is 0 Å². The van der Waals surface area contributed by atoms with E-state index in [0.29, 0.717) is 10.7 Å². The largest absolute Gasteiger partial charge is 0.396 e. The van der Waals surface area contributed by atoms with Crippen LogP contribution in [0.4, 0.5) is 17.2 Å². The Kier molecular flexibility index (Phi) is 4.68. The van der Waals surface area contributed by atoms with Crippen molar-refractivity contribution in [1.82, 2.24) is 4.98 Å². The molecule has 4 rings (SSSR count). The van der Waals surface area contributed by atoms with Gasteiger partial charge in [0.05, 0.1) is 29.6 Å². The first-order valence-electron chi connectivity index (χ1n) is 8.83. The van der Waals surface area contributed by atoms with E-state index < -0.39 is 0 Å². The summed E-state index contributed by atoms with van der Waals surface area (Å²) in [6, 6.07) is 8.11. The van der Waals surface area contributed by atoms with Crippen LogP contribution in [0.15, 0.2) is 30.5 Å². The zero-order chi connectivity index (χ0) is 17.2. The van der Waals surface area contributed by atoms with Gasteiger partial charge in [0.1, 0.15) is 5.82 Å². The van der Waals surface area contributed by atoms with E-state index >= 15 is 0 Å². The Hall–Kier alpha value is -1.98. The molecule has 1 aliphatic carbocycles. The van der Waals surface area contributed by atoms with Crippen LogP contribution in [0.25, 0.3) is 11.1 Å². The van der Waals surface area contributed by atoms with Crippen molar-refractivity contribution in [1.29, 1.82) is 0 Å². The molecule has 25 heavy (non-hydrogen) atoms. The number of halogens is 1. The van der Waals surface area contributed by atoms with E-state index in [1.165, 1.54) is 12.8 Å². The predicted octanol–water partition coefficient (Wildman–Crippen LogP) is 3.64. The Morgan fingerprint density at radius 2 is 2.00 bits per heavy atom. The summed E-state index contributed by atoms with van der Waals surface area (Å²) in [6.07, 6.45) is 4.47. The number of rotatable bonds is 5. The van der Waals surface area contributed by atoms with Gasteiger partial charge in [-0.15, -0.1) is 0 Å². The summed E-state index contributed by atoms with van der Waals surface area (Å²) in [4.78, 5) is 6.83. The molecule has 3 N–H and O–H groups in total. The standard InChI is InChI=1S/C19H23ClN4O/c20-18-15(4-5-16(19(18)21)22-11-13-1-2-13)14-3-6-17(23-12-14)24-7-9-25-10-8-24/h3-6,12-13,22H,1-2,7-11,21H2. The molecule has 1 saturated carbocycles. The molecular weight excluding hydrogens is 336 g/mol. The summed E-state index contributed by atoms with van der Waals surface area (Å²) in [5.41, 5.74) is 9.65. The number of nitrogen functional groups attached to an aromatic ring is 1. The number of morpholine rings is 1. The lowest BCUT2D eigenvalue weighted by Gasteiger charge is -2.27. The number of benzene rings is 1. The van der Waals surface area contributed by atoms with Crippen molar-refractivity contribution in [2.24, 2.45) is 5.92 Å². The van der Waals surface area contributed by atoms with Gasteiger partial charge < -0.3 is 20.7 Å². The Balaban J connectivity index is 1.53. The highest BCUT2D eigenvalue weighted by Crippen LogP contribution is 2.38. The van der Waals surface area contributed by atoms with Crippen LogP contribution in [0.3, 0.4) is 0 Å². The van der Waals surface area contributed by atoms with Crippen molar-refractivity contribution in [3.05, 3.63) is 35.5 Å². The second kappa shape index (κ2) is 7.10. The molecule has 1 aromatic heterocycles. The van der Waals surface area contributed by atoms with Gasteiger partial charge in [-0.3, -0.25) is 0 Å². The molecule has 2 aliphatic rings. The molecule has 0 unspecified atom stereocenters. The number of hydrogen-bond donors (Lipinski definition) is 2. The Bertz CT molecular complexity index is 740. The number of aromatic nitrogens is 1. The zero-order valence-corrected chi connectivity index (χ0v) is 14.9. The van der Waals surface area contributed by atoms with Gasteiger partial charge in [0.2, 0.25) is 0 Å². The minimum absolute atomic E-state index is 0.585. The fourth-order valence-electron chi connectivity index (χ4n) is 3.07. The third kappa shape index (κ3) is 3.67. The molecule has 1 saturated heterocycles. The molecule has 0 atom stereocenters. The SMILES string of the molecule is Nc1c(NCC2CC2)ccc(-c2ccc(N3CCOCC3)nc2)c1Cl. The van der Waals surface area contributed by atoms with Crippen molar-refractivity contribution in [3.63, 3.8) is 0 Å². The Morgan fingerprint density at radius 3 is 2.68 bits per heavy atom. The monoisotopic (exact) mass is 358 g/mol. The van der Waals surface area contributed by atoms with Crippen LogP contribution in [0, 0.1) is 5.92 Å². The maximum atomic E-state index is 6.53. The lowest BCUT2D eigenvalue weighted by atomic mass is 10.1. The summed E-state index contributed by atoms with van der Waals surface area (Å²) in [7, 11) is 0. The highest BCUT2D eigenvalue weighted by molar-refractivity contribution is 6.36. The van der Waals surface area contributed by atoms with Gasteiger partial charge in [0, 0.05) is 37.0 Å². The van der Waals surface area contributed by atoms with Gasteiger partial charge in [0.15, 0.2) is 0 Å². The highest BCUT2D eigenvalue weighted by atomic mass is 35.5. The van der Waals surface area contributed by atoms with Crippen molar-refractivity contribution in [2.75, 3.05) is 48.8 Å². The van der Waals surface area contributed by atoms with Crippen LogP contribution >= 0.6 is 11.6 Å². The molecule has 0 radical (unpaired) electrons. The summed E-state index contributed by atoms with van der Waals surface area (Å²) in [6.45, 7) is 4.22. The summed E-state index contributed by atoms with van der Waals surface area (Å²) < 4.78 is 5.39. The van der Waals surface area contributed by atoms with Crippen molar-refractivity contribution in [2.45, 2.75) is 12.8 Å². The first kappa shape index (κ1) is 16.5. The molecule has 0 bridgehead atoms. The predicted molar refractivity (Wildman–Crippen MR) is 103 cm³/mol. The second-order valence-electron chi connectivity index (χ2n) is 6.72. The van der Waals surface area contributed by atoms with Crippen LogP contribution in [0.1, 0.15) is 12.8 Å². The maximum absolute atomic E-state index is 6.53. The van der Waals surface area contributed by atoms with Crippen LogP contribution in [-0.2, 0) is 4.74 Å². The number of nitrogens with zero attached hydrogens (tertiary/aromatic N) is 2. The van der Waals surface area contributed by atoms with E-state index in [0.717, 1.165) is 61.4 Å². The van der Waals surface area contributed by atoms with E-state index in [2.05, 4.69) is 21.3 Å².